The lowest BCUT2D eigenvalue weighted by atomic mass is 9.82. The molecule has 10 aromatic rings. The van der Waals surface area contributed by atoms with Crippen molar-refractivity contribution in [3.05, 3.63) is 193 Å². The van der Waals surface area contributed by atoms with Gasteiger partial charge in [-0.1, -0.05) is 129 Å². The molecule has 2 aromatic heterocycles. The molecule has 0 aliphatic heterocycles. The topological polar surface area (TPSA) is 8.17 Å². The number of nitrogens with zero attached hydrogens (tertiary/aromatic N) is 2. The van der Waals surface area contributed by atoms with E-state index in [1.54, 1.807) is 0 Å². The van der Waals surface area contributed by atoms with Crippen LogP contribution in [-0.4, -0.2) is 4.57 Å². The minimum Gasteiger partial charge on any atom is -0.310 e. The molecule has 0 unspecified atom stereocenters. The molecule has 1 aliphatic carbocycles. The van der Waals surface area contributed by atoms with Gasteiger partial charge in [-0.2, -0.15) is 0 Å². The smallest absolute Gasteiger partial charge is 0.0634 e. The maximum atomic E-state index is 2.48. The number of thiophene rings is 1. The van der Waals surface area contributed by atoms with Gasteiger partial charge in [0, 0.05) is 59.1 Å². The van der Waals surface area contributed by atoms with Crippen LogP contribution in [0.15, 0.2) is 182 Å². The monoisotopic (exact) mass is 708 g/mol. The molecule has 1 aliphatic rings. The summed E-state index contributed by atoms with van der Waals surface area (Å²) in [6, 6.07) is 67.0. The molecule has 2 nitrogen and oxygen atoms in total. The van der Waals surface area contributed by atoms with Crippen molar-refractivity contribution < 1.29 is 0 Å². The standard InChI is InChI=1S/C51H36N2S/c1-51(2)44-19-11-9-17-39(44)40-27-25-38(32-45(40)51)52(36-23-21-34(22-24-36)33-13-5-3-6-14-33)37-26-29-46-43(31-37)41-28-30-48-49(42-18-10-12-20-47(42)54-48)50(41)53(46)35-15-7-4-8-16-35/h3-32H,1-2H3. The van der Waals surface area contributed by atoms with Crippen LogP contribution >= 0.6 is 11.3 Å². The van der Waals surface area contributed by atoms with Gasteiger partial charge in [0.15, 0.2) is 0 Å². The van der Waals surface area contributed by atoms with Gasteiger partial charge in [-0.3, -0.25) is 0 Å². The van der Waals surface area contributed by atoms with Gasteiger partial charge in [-0.05, 0) is 100 Å². The van der Waals surface area contributed by atoms with E-state index in [2.05, 4.69) is 205 Å². The zero-order valence-corrected chi connectivity index (χ0v) is 30.9. The third kappa shape index (κ3) is 4.58. The zero-order valence-electron chi connectivity index (χ0n) is 30.1. The Balaban J connectivity index is 1.16. The largest absolute Gasteiger partial charge is 0.310 e. The number of fused-ring (bicyclic) bond motifs is 10. The first-order valence-corrected chi connectivity index (χ1v) is 19.5. The Morgan fingerprint density at radius 2 is 1.11 bits per heavy atom. The molecule has 0 saturated carbocycles. The summed E-state index contributed by atoms with van der Waals surface area (Å²) in [5.41, 5.74) is 14.8. The highest BCUT2D eigenvalue weighted by Gasteiger charge is 2.35. The van der Waals surface area contributed by atoms with Crippen molar-refractivity contribution in [3.8, 4) is 27.9 Å². The number of hydrogen-bond acceptors (Lipinski definition) is 2. The van der Waals surface area contributed by atoms with Crippen molar-refractivity contribution in [1.29, 1.82) is 0 Å². The van der Waals surface area contributed by atoms with E-state index in [1.165, 1.54) is 81.0 Å². The molecule has 0 radical (unpaired) electrons. The predicted octanol–water partition coefficient (Wildman–Crippen LogP) is 14.6. The van der Waals surface area contributed by atoms with Crippen molar-refractivity contribution >= 4 is 70.4 Å². The van der Waals surface area contributed by atoms with E-state index in [-0.39, 0.29) is 5.41 Å². The Hall–Kier alpha value is -6.42. The molecule has 54 heavy (non-hydrogen) atoms. The van der Waals surface area contributed by atoms with Crippen LogP contribution in [-0.2, 0) is 5.41 Å². The molecule has 0 atom stereocenters. The predicted molar refractivity (Wildman–Crippen MR) is 231 cm³/mol. The first-order valence-electron chi connectivity index (χ1n) is 18.7. The van der Waals surface area contributed by atoms with Crippen LogP contribution in [0, 0.1) is 0 Å². The SMILES string of the molecule is CC1(C)c2ccccc2-c2ccc(N(c3ccc(-c4ccccc4)cc3)c3ccc4c(c3)c3ccc5sc6ccccc6c5c3n4-c3ccccc3)cc21. The van der Waals surface area contributed by atoms with Crippen LogP contribution in [0.5, 0.6) is 0 Å². The molecule has 0 bridgehead atoms. The molecule has 0 amide bonds. The van der Waals surface area contributed by atoms with Crippen molar-refractivity contribution in [2.45, 2.75) is 19.3 Å². The third-order valence-corrected chi connectivity index (χ3v) is 12.7. The van der Waals surface area contributed by atoms with Gasteiger partial charge in [-0.15, -0.1) is 11.3 Å². The lowest BCUT2D eigenvalue weighted by Gasteiger charge is -2.28. The van der Waals surface area contributed by atoms with Gasteiger partial charge < -0.3 is 9.47 Å². The lowest BCUT2D eigenvalue weighted by Crippen LogP contribution is -2.16. The minimum absolute atomic E-state index is 0.105. The fourth-order valence-corrected chi connectivity index (χ4v) is 10.1. The molecule has 2 heterocycles. The van der Waals surface area contributed by atoms with Crippen LogP contribution < -0.4 is 4.90 Å². The Kier molecular flexibility index (Phi) is 6.80. The molecule has 0 saturated heterocycles. The molecule has 8 aromatic carbocycles. The van der Waals surface area contributed by atoms with E-state index in [4.69, 9.17) is 0 Å². The molecule has 11 rings (SSSR count). The highest BCUT2D eigenvalue weighted by atomic mass is 32.1. The van der Waals surface area contributed by atoms with Crippen molar-refractivity contribution in [3.63, 3.8) is 0 Å². The van der Waals surface area contributed by atoms with Crippen LogP contribution in [0.2, 0.25) is 0 Å². The number of benzene rings is 8. The van der Waals surface area contributed by atoms with Crippen LogP contribution in [0.1, 0.15) is 25.0 Å². The number of aromatic nitrogens is 1. The Labute approximate surface area is 318 Å². The summed E-state index contributed by atoms with van der Waals surface area (Å²) in [4.78, 5) is 2.44. The number of para-hydroxylation sites is 1. The maximum Gasteiger partial charge on any atom is 0.0634 e. The van der Waals surface area contributed by atoms with Gasteiger partial charge >= 0.3 is 0 Å². The van der Waals surface area contributed by atoms with Crippen LogP contribution in [0.4, 0.5) is 17.1 Å². The second kappa shape index (κ2) is 11.8. The first kappa shape index (κ1) is 31.1. The normalized spacial score (nSPS) is 13.1. The summed E-state index contributed by atoms with van der Waals surface area (Å²) in [5, 5.41) is 5.13. The van der Waals surface area contributed by atoms with Crippen molar-refractivity contribution in [1.82, 2.24) is 4.57 Å². The molecular formula is C51H36N2S. The van der Waals surface area contributed by atoms with Crippen molar-refractivity contribution in [2.75, 3.05) is 4.90 Å². The van der Waals surface area contributed by atoms with E-state index < -0.39 is 0 Å². The summed E-state index contributed by atoms with van der Waals surface area (Å²) < 4.78 is 5.10. The van der Waals surface area contributed by atoms with Crippen LogP contribution in [0.25, 0.3) is 69.9 Å². The Morgan fingerprint density at radius 3 is 1.94 bits per heavy atom. The highest BCUT2D eigenvalue weighted by Crippen LogP contribution is 2.51. The lowest BCUT2D eigenvalue weighted by molar-refractivity contribution is 0.660. The van der Waals surface area contributed by atoms with Gasteiger partial charge in [0.2, 0.25) is 0 Å². The molecule has 0 spiro atoms. The fourth-order valence-electron chi connectivity index (χ4n) is 9.00. The number of hydrogen-bond donors (Lipinski definition) is 0. The van der Waals surface area contributed by atoms with Gasteiger partial charge in [-0.25, -0.2) is 0 Å². The fraction of sp³-hybridized carbons (Fsp3) is 0.0588. The Morgan fingerprint density at radius 1 is 0.463 bits per heavy atom. The maximum absolute atomic E-state index is 2.48. The quantitative estimate of drug-likeness (QED) is 0.173. The second-order valence-electron chi connectivity index (χ2n) is 15.0. The number of rotatable bonds is 5. The van der Waals surface area contributed by atoms with Crippen LogP contribution in [0.3, 0.4) is 0 Å². The average molecular weight is 709 g/mol. The minimum atomic E-state index is -0.105. The van der Waals surface area contributed by atoms with Gasteiger partial charge in [0.1, 0.15) is 0 Å². The highest BCUT2D eigenvalue weighted by molar-refractivity contribution is 7.26. The summed E-state index contributed by atoms with van der Waals surface area (Å²) in [7, 11) is 0. The Bertz CT molecular complexity index is 3060. The summed E-state index contributed by atoms with van der Waals surface area (Å²) in [6.45, 7) is 4.72. The van der Waals surface area contributed by atoms with E-state index in [1.807, 2.05) is 11.3 Å². The second-order valence-corrected chi connectivity index (χ2v) is 16.0. The van der Waals surface area contributed by atoms with E-state index in [0.717, 1.165) is 17.1 Å². The number of anilines is 3. The van der Waals surface area contributed by atoms with E-state index in [0.29, 0.717) is 0 Å². The zero-order chi connectivity index (χ0) is 36.0. The van der Waals surface area contributed by atoms with Crippen molar-refractivity contribution in [2.24, 2.45) is 0 Å². The summed E-state index contributed by atoms with van der Waals surface area (Å²) >= 11 is 1.88. The molecule has 3 heteroatoms. The molecule has 256 valence electrons. The third-order valence-electron chi connectivity index (χ3n) is 11.6. The van der Waals surface area contributed by atoms with E-state index >= 15 is 0 Å². The molecular weight excluding hydrogens is 673 g/mol. The van der Waals surface area contributed by atoms with Gasteiger partial charge in [0.25, 0.3) is 0 Å². The summed E-state index contributed by atoms with van der Waals surface area (Å²) in [6.07, 6.45) is 0. The average Bonchev–Trinajstić information content (AvgIpc) is 3.84. The molecule has 0 fully saturated rings. The molecule has 0 N–H and O–H groups in total. The van der Waals surface area contributed by atoms with Gasteiger partial charge in [0.05, 0.1) is 11.0 Å². The first-order chi connectivity index (χ1) is 26.5. The van der Waals surface area contributed by atoms with E-state index in [9.17, 15) is 0 Å². The summed E-state index contributed by atoms with van der Waals surface area (Å²) in [5.74, 6) is 0.